The molecule has 8 nitrogen and oxygen atoms in total. The predicted molar refractivity (Wildman–Crippen MR) is 90.2 cm³/mol. The maximum Gasteiger partial charge on any atom is 0.270 e. The zero-order chi connectivity index (χ0) is 17.9. The van der Waals surface area contributed by atoms with Crippen LogP contribution in [0.25, 0.3) is 0 Å². The minimum atomic E-state index is -0.818. The fourth-order valence-electron chi connectivity index (χ4n) is 1.85. The van der Waals surface area contributed by atoms with Crippen molar-refractivity contribution in [2.24, 2.45) is 0 Å². The number of nitrogens with one attached hydrogen (secondary N) is 2. The summed E-state index contributed by atoms with van der Waals surface area (Å²) in [5, 5.41) is 16.3. The summed E-state index contributed by atoms with van der Waals surface area (Å²) in [5.41, 5.74) is 0.766. The second-order valence-corrected chi connectivity index (χ2v) is 6.36. The van der Waals surface area contributed by atoms with Gasteiger partial charge in [-0.3, -0.25) is 19.7 Å². The Morgan fingerprint density at radius 2 is 2.04 bits per heavy atom. The van der Waals surface area contributed by atoms with Crippen molar-refractivity contribution >= 4 is 34.0 Å². The Labute approximate surface area is 142 Å². The van der Waals surface area contributed by atoms with E-state index >= 15 is 0 Å². The number of benzene rings is 1. The van der Waals surface area contributed by atoms with Crippen LogP contribution in [0.15, 0.2) is 24.3 Å². The molecule has 0 saturated carbocycles. The Kier molecular flexibility index (Phi) is 5.24. The summed E-state index contributed by atoms with van der Waals surface area (Å²) in [4.78, 5) is 39.6. The summed E-state index contributed by atoms with van der Waals surface area (Å²) in [6, 6.07) is 4.49. The molecule has 1 aromatic heterocycles. The molecule has 9 heteroatoms. The zero-order valence-electron chi connectivity index (χ0n) is 13.3. The molecule has 0 spiro atoms. The van der Waals surface area contributed by atoms with Gasteiger partial charge in [0, 0.05) is 22.6 Å². The summed E-state index contributed by atoms with van der Waals surface area (Å²) in [7, 11) is 0. The van der Waals surface area contributed by atoms with Gasteiger partial charge in [-0.1, -0.05) is 6.07 Å². The first kappa shape index (κ1) is 17.5. The van der Waals surface area contributed by atoms with Crippen molar-refractivity contribution in [3.05, 3.63) is 50.5 Å². The first-order valence-corrected chi connectivity index (χ1v) is 7.90. The molecule has 1 atom stereocenters. The lowest BCUT2D eigenvalue weighted by Crippen LogP contribution is -2.41. The lowest BCUT2D eigenvalue weighted by Gasteiger charge is -2.13. The number of anilines is 1. The van der Waals surface area contributed by atoms with E-state index in [1.54, 1.807) is 0 Å². The number of non-ortho nitro benzene ring substituents is 1. The molecule has 126 valence electrons. The van der Waals surface area contributed by atoms with Crippen LogP contribution in [0.3, 0.4) is 0 Å². The second-order valence-electron chi connectivity index (χ2n) is 5.15. The topological polar surface area (TPSA) is 114 Å². The third-order valence-corrected chi connectivity index (χ3v) is 4.31. The Hall–Kier alpha value is -2.81. The predicted octanol–water partition coefficient (Wildman–Crippen LogP) is 2.43. The van der Waals surface area contributed by atoms with Gasteiger partial charge in [0.15, 0.2) is 5.13 Å². The molecule has 0 saturated heterocycles. The molecule has 2 rings (SSSR count). The number of amides is 2. The van der Waals surface area contributed by atoms with Crippen LogP contribution in [-0.2, 0) is 4.79 Å². The first-order chi connectivity index (χ1) is 11.3. The van der Waals surface area contributed by atoms with Gasteiger partial charge in [0.1, 0.15) is 6.04 Å². The molecular formula is C15H16N4O4S. The van der Waals surface area contributed by atoms with Crippen molar-refractivity contribution in [2.75, 3.05) is 5.32 Å². The number of carbonyl (C=O) groups is 2. The fourth-order valence-corrected chi connectivity index (χ4v) is 2.66. The van der Waals surface area contributed by atoms with Gasteiger partial charge in [-0.2, -0.15) is 0 Å². The molecular weight excluding hydrogens is 332 g/mol. The normalized spacial score (nSPS) is 11.6. The number of carbonyl (C=O) groups excluding carboxylic acids is 2. The summed E-state index contributed by atoms with van der Waals surface area (Å²) in [6.07, 6.45) is 0. The number of hydrogen-bond donors (Lipinski definition) is 2. The van der Waals surface area contributed by atoms with Crippen LogP contribution in [0.5, 0.6) is 0 Å². The molecule has 1 unspecified atom stereocenters. The maximum absolute atomic E-state index is 12.1. The first-order valence-electron chi connectivity index (χ1n) is 7.08. The minimum Gasteiger partial charge on any atom is -0.341 e. The molecule has 2 N–H and O–H groups in total. The average molecular weight is 348 g/mol. The standard InChI is InChI=1S/C15H16N4O4S/c1-8-10(3)24-15(17-8)18-13(20)9(2)16-14(21)11-5-4-6-12(7-11)19(22)23/h4-7,9H,1-3H3,(H,16,21)(H,17,18,20). The van der Waals surface area contributed by atoms with E-state index in [1.807, 2.05) is 13.8 Å². The van der Waals surface area contributed by atoms with Crippen molar-refractivity contribution in [1.29, 1.82) is 0 Å². The monoisotopic (exact) mass is 348 g/mol. The molecule has 2 amide bonds. The van der Waals surface area contributed by atoms with Crippen LogP contribution < -0.4 is 10.6 Å². The quantitative estimate of drug-likeness (QED) is 0.636. The Morgan fingerprint density at radius 3 is 2.62 bits per heavy atom. The number of nitro benzene ring substituents is 1. The molecule has 0 aliphatic carbocycles. The van der Waals surface area contributed by atoms with Crippen LogP contribution in [0.4, 0.5) is 10.8 Å². The van der Waals surface area contributed by atoms with E-state index in [0.717, 1.165) is 16.6 Å². The lowest BCUT2D eigenvalue weighted by atomic mass is 10.1. The van der Waals surface area contributed by atoms with Gasteiger partial charge in [-0.05, 0) is 26.8 Å². The van der Waals surface area contributed by atoms with E-state index in [9.17, 15) is 19.7 Å². The third-order valence-electron chi connectivity index (χ3n) is 3.32. The molecule has 0 radical (unpaired) electrons. The van der Waals surface area contributed by atoms with E-state index < -0.39 is 22.8 Å². The second kappa shape index (κ2) is 7.18. The van der Waals surface area contributed by atoms with E-state index in [-0.39, 0.29) is 11.3 Å². The number of thiazole rings is 1. The molecule has 1 aromatic carbocycles. The largest absolute Gasteiger partial charge is 0.341 e. The van der Waals surface area contributed by atoms with Gasteiger partial charge in [-0.25, -0.2) is 4.98 Å². The number of nitro groups is 1. The highest BCUT2D eigenvalue weighted by Crippen LogP contribution is 2.21. The highest BCUT2D eigenvalue weighted by Gasteiger charge is 2.19. The van der Waals surface area contributed by atoms with Crippen molar-refractivity contribution in [2.45, 2.75) is 26.8 Å². The van der Waals surface area contributed by atoms with E-state index in [2.05, 4.69) is 15.6 Å². The summed E-state index contributed by atoms with van der Waals surface area (Å²) >= 11 is 1.35. The number of hydrogen-bond acceptors (Lipinski definition) is 6. The lowest BCUT2D eigenvalue weighted by molar-refractivity contribution is -0.384. The molecule has 0 fully saturated rings. The van der Waals surface area contributed by atoms with Crippen LogP contribution in [0, 0.1) is 24.0 Å². The van der Waals surface area contributed by atoms with Gasteiger partial charge in [0.05, 0.1) is 10.6 Å². The third kappa shape index (κ3) is 4.13. The number of nitrogens with zero attached hydrogens (tertiary/aromatic N) is 2. The smallest absolute Gasteiger partial charge is 0.270 e. The fraction of sp³-hybridized carbons (Fsp3) is 0.267. The van der Waals surface area contributed by atoms with Crippen LogP contribution in [-0.4, -0.2) is 27.8 Å². The average Bonchev–Trinajstić information content (AvgIpc) is 2.85. The van der Waals surface area contributed by atoms with Gasteiger partial charge < -0.3 is 10.6 Å². The Balaban J connectivity index is 2.01. The number of rotatable bonds is 5. The van der Waals surface area contributed by atoms with E-state index in [1.165, 1.54) is 36.5 Å². The highest BCUT2D eigenvalue weighted by atomic mass is 32.1. The van der Waals surface area contributed by atoms with E-state index in [4.69, 9.17) is 0 Å². The van der Waals surface area contributed by atoms with Gasteiger partial charge in [0.2, 0.25) is 5.91 Å². The van der Waals surface area contributed by atoms with Gasteiger partial charge in [-0.15, -0.1) is 11.3 Å². The van der Waals surface area contributed by atoms with Gasteiger partial charge >= 0.3 is 0 Å². The minimum absolute atomic E-state index is 0.116. The van der Waals surface area contributed by atoms with Gasteiger partial charge in [0.25, 0.3) is 11.6 Å². The van der Waals surface area contributed by atoms with Crippen LogP contribution >= 0.6 is 11.3 Å². The summed E-state index contributed by atoms with van der Waals surface area (Å²) in [6.45, 7) is 5.27. The molecule has 0 bridgehead atoms. The maximum atomic E-state index is 12.1. The molecule has 24 heavy (non-hydrogen) atoms. The zero-order valence-corrected chi connectivity index (χ0v) is 14.1. The Morgan fingerprint density at radius 1 is 1.33 bits per heavy atom. The molecule has 0 aliphatic heterocycles. The van der Waals surface area contributed by atoms with Crippen molar-refractivity contribution < 1.29 is 14.5 Å². The summed E-state index contributed by atoms with van der Waals surface area (Å²) < 4.78 is 0. The van der Waals surface area contributed by atoms with Crippen LogP contribution in [0.1, 0.15) is 27.9 Å². The SMILES string of the molecule is Cc1nc(NC(=O)C(C)NC(=O)c2cccc([N+](=O)[O-])c2)sc1C. The number of aryl methyl sites for hydroxylation is 2. The highest BCUT2D eigenvalue weighted by molar-refractivity contribution is 7.15. The molecule has 1 heterocycles. The summed E-state index contributed by atoms with van der Waals surface area (Å²) in [5.74, 6) is -0.976. The molecule has 2 aromatic rings. The van der Waals surface area contributed by atoms with Crippen LogP contribution in [0.2, 0.25) is 0 Å². The van der Waals surface area contributed by atoms with Crippen molar-refractivity contribution in [1.82, 2.24) is 10.3 Å². The van der Waals surface area contributed by atoms with Crippen molar-refractivity contribution in [3.8, 4) is 0 Å². The number of aromatic nitrogens is 1. The molecule has 0 aliphatic rings. The van der Waals surface area contributed by atoms with Crippen molar-refractivity contribution in [3.63, 3.8) is 0 Å². The Bertz CT molecular complexity index is 783. The van der Waals surface area contributed by atoms with E-state index in [0.29, 0.717) is 5.13 Å².